The highest BCUT2D eigenvalue weighted by atomic mass is 35.5. The zero-order chi connectivity index (χ0) is 26.4. The molecular formula is C26H31Cl2N5O4. The molecule has 37 heavy (non-hydrogen) atoms. The van der Waals surface area contributed by atoms with E-state index in [1.54, 1.807) is 31.2 Å². The number of hydrogen-bond acceptors (Lipinski definition) is 7. The van der Waals surface area contributed by atoms with E-state index in [2.05, 4.69) is 26.3 Å². The highest BCUT2D eigenvalue weighted by Crippen LogP contribution is 2.24. The molecule has 1 aliphatic heterocycles. The van der Waals surface area contributed by atoms with Gasteiger partial charge in [0.15, 0.2) is 0 Å². The van der Waals surface area contributed by atoms with Gasteiger partial charge in [0.05, 0.1) is 28.3 Å². The molecule has 2 fully saturated rings. The number of amides is 2. The number of esters is 1. The average Bonchev–Trinajstić information content (AvgIpc) is 3.31. The van der Waals surface area contributed by atoms with Crippen LogP contribution in [0.1, 0.15) is 48.5 Å². The van der Waals surface area contributed by atoms with Gasteiger partial charge < -0.3 is 26.0 Å². The lowest BCUT2D eigenvalue weighted by molar-refractivity contribution is -0.147. The third kappa shape index (κ3) is 7.19. The molecule has 2 amide bonds. The number of halogens is 2. The van der Waals surface area contributed by atoms with Crippen LogP contribution in [0.4, 0.5) is 5.69 Å². The molecule has 2 aromatic rings. The minimum atomic E-state index is -0.831. The Hall–Kier alpha value is -2.72. The first-order chi connectivity index (χ1) is 17.8. The zero-order valence-corrected chi connectivity index (χ0v) is 22.1. The Morgan fingerprint density at radius 1 is 1.11 bits per heavy atom. The van der Waals surface area contributed by atoms with Crippen LogP contribution in [0.3, 0.4) is 0 Å². The first-order valence-corrected chi connectivity index (χ1v) is 13.2. The number of nitrogens with zero attached hydrogens (tertiary/aromatic N) is 1. The van der Waals surface area contributed by atoms with Crippen molar-refractivity contribution in [3.05, 3.63) is 57.8 Å². The van der Waals surface area contributed by atoms with Gasteiger partial charge in [-0.1, -0.05) is 41.8 Å². The fraction of sp³-hybridized carbons (Fsp3) is 0.462. The van der Waals surface area contributed by atoms with Gasteiger partial charge in [-0.3, -0.25) is 14.6 Å². The third-order valence-electron chi connectivity index (χ3n) is 6.64. The standard InChI is InChI=1S/C26H31Cl2N5O4/c1-2-37-26(36)22(33-24(34)21-11-18(12-30-21)31-16-4-3-5-16)10-15-6-8-17(9-7-15)32-25(35)23-19(27)13-29-14-20(23)28/h6-9,13-14,16,18,21-22,30-31H,2-5,10-12H2,1H3,(H,32,35)(H,33,34)/t18?,21-,22-/m0/s1. The fourth-order valence-corrected chi connectivity index (χ4v) is 5.00. The van der Waals surface area contributed by atoms with Gasteiger partial charge in [-0.15, -0.1) is 0 Å². The average molecular weight is 548 g/mol. The Morgan fingerprint density at radius 3 is 2.43 bits per heavy atom. The van der Waals surface area contributed by atoms with Crippen molar-refractivity contribution in [2.75, 3.05) is 18.5 Å². The van der Waals surface area contributed by atoms with Gasteiger partial charge in [0.1, 0.15) is 6.04 Å². The van der Waals surface area contributed by atoms with Crippen molar-refractivity contribution in [2.45, 2.75) is 63.2 Å². The van der Waals surface area contributed by atoms with Gasteiger partial charge in [0.25, 0.3) is 5.91 Å². The highest BCUT2D eigenvalue weighted by molar-refractivity contribution is 6.40. The lowest BCUT2D eigenvalue weighted by Gasteiger charge is -2.29. The number of carbonyl (C=O) groups is 3. The summed E-state index contributed by atoms with van der Waals surface area (Å²) in [4.78, 5) is 42.0. The molecule has 1 aromatic carbocycles. The number of carbonyl (C=O) groups excluding carboxylic acids is 3. The summed E-state index contributed by atoms with van der Waals surface area (Å²) in [5, 5.41) is 12.8. The molecule has 1 saturated heterocycles. The molecule has 0 bridgehead atoms. The quantitative estimate of drug-likeness (QED) is 0.337. The molecule has 2 aliphatic rings. The van der Waals surface area contributed by atoms with Crippen LogP contribution in [0.25, 0.3) is 0 Å². The first-order valence-electron chi connectivity index (χ1n) is 12.5. The lowest BCUT2D eigenvalue weighted by Crippen LogP contribution is -2.49. The predicted octanol–water partition coefficient (Wildman–Crippen LogP) is 3.10. The van der Waals surface area contributed by atoms with Crippen LogP contribution < -0.4 is 21.3 Å². The van der Waals surface area contributed by atoms with Crippen LogP contribution in [0.15, 0.2) is 36.7 Å². The van der Waals surface area contributed by atoms with Crippen LogP contribution in [-0.4, -0.2) is 60.1 Å². The van der Waals surface area contributed by atoms with Crippen LogP contribution in [0.5, 0.6) is 0 Å². The van der Waals surface area contributed by atoms with E-state index in [0.717, 1.165) is 12.1 Å². The topological polar surface area (TPSA) is 121 Å². The highest BCUT2D eigenvalue weighted by Gasteiger charge is 2.34. The van der Waals surface area contributed by atoms with E-state index < -0.39 is 17.9 Å². The summed E-state index contributed by atoms with van der Waals surface area (Å²) >= 11 is 12.1. The number of benzene rings is 1. The molecule has 1 aliphatic carbocycles. The smallest absolute Gasteiger partial charge is 0.328 e. The van der Waals surface area contributed by atoms with E-state index in [0.29, 0.717) is 18.2 Å². The van der Waals surface area contributed by atoms with Gasteiger partial charge in [-0.05, 0) is 43.9 Å². The van der Waals surface area contributed by atoms with Crippen molar-refractivity contribution in [2.24, 2.45) is 0 Å². The van der Waals surface area contributed by atoms with Crippen molar-refractivity contribution >= 4 is 46.7 Å². The SMILES string of the molecule is CCOC(=O)[C@H](Cc1ccc(NC(=O)c2c(Cl)cncc2Cl)cc1)NC(=O)[C@@H]1CC(NC2CCC2)CN1. The molecule has 4 rings (SSSR count). The van der Waals surface area contributed by atoms with Crippen molar-refractivity contribution in [3.63, 3.8) is 0 Å². The van der Waals surface area contributed by atoms with Gasteiger partial charge in [-0.2, -0.15) is 0 Å². The summed E-state index contributed by atoms with van der Waals surface area (Å²) in [5.74, 6) is -1.17. The van der Waals surface area contributed by atoms with E-state index in [4.69, 9.17) is 27.9 Å². The molecule has 198 valence electrons. The lowest BCUT2D eigenvalue weighted by atomic mass is 9.92. The Bertz CT molecular complexity index is 1110. The second kappa shape index (κ2) is 12.7. The summed E-state index contributed by atoms with van der Waals surface area (Å²) in [6, 6.07) is 6.56. The third-order valence-corrected chi connectivity index (χ3v) is 7.22. The summed E-state index contributed by atoms with van der Waals surface area (Å²) in [7, 11) is 0. The van der Waals surface area contributed by atoms with Crippen molar-refractivity contribution in [1.82, 2.24) is 20.9 Å². The molecule has 0 radical (unpaired) electrons. The number of anilines is 1. The van der Waals surface area contributed by atoms with Crippen molar-refractivity contribution in [3.8, 4) is 0 Å². The van der Waals surface area contributed by atoms with Gasteiger partial charge >= 0.3 is 5.97 Å². The van der Waals surface area contributed by atoms with Gasteiger partial charge in [-0.25, -0.2) is 4.79 Å². The molecule has 11 heteroatoms. The fourth-order valence-electron chi connectivity index (χ4n) is 4.46. The van der Waals surface area contributed by atoms with E-state index >= 15 is 0 Å². The Labute approximate surface area is 226 Å². The summed E-state index contributed by atoms with van der Waals surface area (Å²) in [6.07, 6.45) is 7.25. The van der Waals surface area contributed by atoms with Crippen molar-refractivity contribution in [1.29, 1.82) is 0 Å². The van der Waals surface area contributed by atoms with E-state index in [-0.39, 0.29) is 46.6 Å². The maximum Gasteiger partial charge on any atom is 0.328 e. The molecule has 2 heterocycles. The second-order valence-electron chi connectivity index (χ2n) is 9.33. The summed E-state index contributed by atoms with van der Waals surface area (Å²) in [6.45, 7) is 2.66. The minimum Gasteiger partial charge on any atom is -0.464 e. The van der Waals surface area contributed by atoms with Crippen LogP contribution in [-0.2, 0) is 20.7 Å². The number of nitrogens with one attached hydrogen (secondary N) is 4. The Balaban J connectivity index is 1.35. The molecule has 1 saturated carbocycles. The molecule has 1 aromatic heterocycles. The molecule has 9 nitrogen and oxygen atoms in total. The predicted molar refractivity (Wildman–Crippen MR) is 142 cm³/mol. The minimum absolute atomic E-state index is 0.137. The zero-order valence-electron chi connectivity index (χ0n) is 20.6. The van der Waals surface area contributed by atoms with E-state index in [9.17, 15) is 14.4 Å². The number of rotatable bonds is 10. The number of ether oxygens (including phenoxy) is 1. The number of aromatic nitrogens is 1. The molecular weight excluding hydrogens is 517 g/mol. The summed E-state index contributed by atoms with van der Waals surface area (Å²) < 4.78 is 5.21. The monoisotopic (exact) mass is 547 g/mol. The second-order valence-corrected chi connectivity index (χ2v) is 10.1. The molecule has 0 spiro atoms. The molecule has 4 N–H and O–H groups in total. The van der Waals surface area contributed by atoms with Crippen LogP contribution in [0, 0.1) is 0 Å². The molecule has 1 unspecified atom stereocenters. The van der Waals surface area contributed by atoms with Crippen molar-refractivity contribution < 1.29 is 19.1 Å². The molecule has 3 atom stereocenters. The Kier molecular flexibility index (Phi) is 9.37. The summed E-state index contributed by atoms with van der Waals surface area (Å²) in [5.41, 5.74) is 1.45. The first kappa shape index (κ1) is 27.3. The largest absolute Gasteiger partial charge is 0.464 e. The maximum atomic E-state index is 13.0. The number of hydrogen-bond donors (Lipinski definition) is 4. The maximum absolute atomic E-state index is 13.0. The van der Waals surface area contributed by atoms with Gasteiger partial charge in [0, 0.05) is 43.1 Å². The van der Waals surface area contributed by atoms with Crippen LogP contribution >= 0.6 is 23.2 Å². The Morgan fingerprint density at radius 2 is 1.81 bits per heavy atom. The number of pyridine rings is 1. The van der Waals surface area contributed by atoms with E-state index in [1.807, 2.05) is 0 Å². The van der Waals surface area contributed by atoms with Crippen LogP contribution in [0.2, 0.25) is 10.0 Å². The van der Waals surface area contributed by atoms with E-state index in [1.165, 1.54) is 31.7 Å². The van der Waals surface area contributed by atoms with Gasteiger partial charge in [0.2, 0.25) is 5.91 Å². The normalized spacial score (nSPS) is 20.1.